The number of nitrogens with zero attached hydrogens (tertiary/aromatic N) is 2. The number of fused-ring (bicyclic) bond motifs is 1. The van der Waals surface area contributed by atoms with E-state index in [1.165, 1.54) is 4.90 Å². The van der Waals surface area contributed by atoms with E-state index in [2.05, 4.69) is 15.4 Å². The van der Waals surface area contributed by atoms with Gasteiger partial charge in [-0.05, 0) is 42.7 Å². The topological polar surface area (TPSA) is 193 Å². The zero-order valence-electron chi connectivity index (χ0n) is 33.3. The maximum absolute atomic E-state index is 14.5. The monoisotopic (exact) mass is 807 g/mol. The number of carboxylic acid groups (broad SMARTS) is 1. The molecule has 1 aliphatic heterocycles. The first-order chi connectivity index (χ1) is 26.2. The second-order valence-corrected chi connectivity index (χ2v) is 25.2. The Morgan fingerprint density at radius 3 is 2.29 bits per heavy atom. The van der Waals surface area contributed by atoms with E-state index in [0.717, 1.165) is 5.56 Å². The van der Waals surface area contributed by atoms with Crippen molar-refractivity contribution in [1.29, 1.82) is 0 Å². The van der Waals surface area contributed by atoms with Gasteiger partial charge in [0.1, 0.15) is 35.2 Å². The van der Waals surface area contributed by atoms with Crippen molar-refractivity contribution in [2.45, 2.75) is 108 Å². The van der Waals surface area contributed by atoms with Gasteiger partial charge in [0.2, 0.25) is 21.8 Å². The van der Waals surface area contributed by atoms with Gasteiger partial charge in [-0.15, -0.1) is 0 Å². The zero-order chi connectivity index (χ0) is 41.0. The van der Waals surface area contributed by atoms with Gasteiger partial charge in [-0.25, -0.2) is 18.2 Å². The first kappa shape index (κ1) is 40.9. The number of benzene rings is 2. The van der Waals surface area contributed by atoms with Gasteiger partial charge in [0, 0.05) is 29.5 Å². The van der Waals surface area contributed by atoms with Crippen molar-refractivity contribution >= 4 is 52.8 Å². The molecule has 2 aromatic carbocycles. The van der Waals surface area contributed by atoms with Crippen LogP contribution in [0.25, 0.3) is 22.2 Å². The Balaban J connectivity index is 1.33. The quantitative estimate of drug-likeness (QED) is 0.169. The lowest BCUT2D eigenvalue weighted by atomic mass is 9.85. The molecule has 3 aromatic rings. The fourth-order valence-corrected chi connectivity index (χ4v) is 14.4. The van der Waals surface area contributed by atoms with Gasteiger partial charge in [0.15, 0.2) is 0 Å². The number of carbonyl (C=O) groups excluding carboxylic acids is 3. The summed E-state index contributed by atoms with van der Waals surface area (Å²) in [5.41, 5.74) is -0.300. The third-order valence-corrected chi connectivity index (χ3v) is 19.5. The molecule has 1 saturated heterocycles. The fourth-order valence-electron chi connectivity index (χ4n) is 8.11. The van der Waals surface area contributed by atoms with E-state index < -0.39 is 75.4 Å². The molecule has 4 N–H and O–H groups in total. The summed E-state index contributed by atoms with van der Waals surface area (Å²) in [5, 5.41) is 15.6. The molecule has 2 heterocycles. The average Bonchev–Trinajstić information content (AvgIpc) is 4.05. The summed E-state index contributed by atoms with van der Waals surface area (Å²) >= 11 is 0. The Morgan fingerprint density at radius 1 is 1.05 bits per heavy atom. The molecule has 0 radical (unpaired) electrons. The molecule has 0 bridgehead atoms. The number of nitrogens with one attached hydrogen (secondary N) is 3. The maximum atomic E-state index is 14.5. The number of likely N-dealkylation sites (tertiary alicyclic amines) is 1. The van der Waals surface area contributed by atoms with Gasteiger partial charge in [0.25, 0.3) is 5.91 Å². The fraction of sp³-hybridized carbons (Fsp3) is 0.525. The van der Waals surface area contributed by atoms with Crippen LogP contribution in [0.3, 0.4) is 0 Å². The standard InChI is InChI=1S/C40H53N5O9SSi/c1-9-25-22-40(25,36(48)44-55(51,52)39(17-18-39)56(6,7)8)43-34(46)31-20-27(23-45(31)35(47)33(38(2,3)4)42-37(49)50)54-32-21-29(24-13-11-10-12-14-24)41-30-19-26(53-5)15-16-28(30)32/h10-16,19,21,25,27,31,33,42H,9,17-18,20,22-23H2,1-8H3,(H,43,46)(H,44,48)(H,49,50). The molecule has 302 valence electrons. The molecule has 3 aliphatic rings. The molecule has 4 amide bonds. The Labute approximate surface area is 329 Å². The highest BCUT2D eigenvalue weighted by atomic mass is 32.2. The number of hydrogen-bond acceptors (Lipinski definition) is 9. The average molecular weight is 808 g/mol. The number of pyridine rings is 1. The molecule has 1 aromatic heterocycles. The number of sulfonamides is 1. The number of amides is 4. The third kappa shape index (κ3) is 7.69. The molecule has 3 fully saturated rings. The van der Waals surface area contributed by atoms with Crippen LogP contribution in [0.4, 0.5) is 4.79 Å². The highest BCUT2D eigenvalue weighted by Gasteiger charge is 2.66. The number of carbonyl (C=O) groups is 4. The normalized spacial score (nSPS) is 23.5. The van der Waals surface area contributed by atoms with Crippen LogP contribution in [0.15, 0.2) is 54.6 Å². The molecule has 6 rings (SSSR count). The van der Waals surface area contributed by atoms with E-state index >= 15 is 0 Å². The molecule has 2 aliphatic carbocycles. The second kappa shape index (κ2) is 14.7. The van der Waals surface area contributed by atoms with Crippen molar-refractivity contribution in [3.63, 3.8) is 0 Å². The van der Waals surface area contributed by atoms with Crippen molar-refractivity contribution in [1.82, 2.24) is 25.2 Å². The summed E-state index contributed by atoms with van der Waals surface area (Å²) in [6, 6.07) is 14.3. The number of hydrogen-bond donors (Lipinski definition) is 4. The first-order valence-corrected chi connectivity index (χ1v) is 24.0. The van der Waals surface area contributed by atoms with E-state index in [1.807, 2.05) is 63.0 Å². The van der Waals surface area contributed by atoms with Crippen LogP contribution < -0.4 is 24.8 Å². The minimum atomic E-state index is -4.04. The van der Waals surface area contributed by atoms with Gasteiger partial charge in [-0.2, -0.15) is 0 Å². The Morgan fingerprint density at radius 2 is 1.73 bits per heavy atom. The highest BCUT2D eigenvalue weighted by Crippen LogP contribution is 2.51. The van der Waals surface area contributed by atoms with Gasteiger partial charge in [0.05, 0.1) is 37.3 Å². The lowest BCUT2D eigenvalue weighted by molar-refractivity contribution is -0.142. The maximum Gasteiger partial charge on any atom is 0.405 e. The molecule has 2 saturated carbocycles. The number of ether oxygens (including phenoxy) is 2. The Bertz CT molecular complexity index is 2150. The molecule has 14 nitrogen and oxygen atoms in total. The highest BCUT2D eigenvalue weighted by molar-refractivity contribution is 7.93. The summed E-state index contributed by atoms with van der Waals surface area (Å²) in [4.78, 5) is 60.9. The SMILES string of the molecule is CCC1CC1(NC(=O)C1CC(Oc2cc(-c3ccccc3)nc3cc(OC)ccc23)CN1C(=O)C(NC(=O)O)C(C)(C)C)C(=O)NS(=O)(=O)C1([Si](C)(C)C)CC1. The van der Waals surface area contributed by atoms with Crippen LogP contribution in [0.1, 0.15) is 59.8 Å². The van der Waals surface area contributed by atoms with E-state index in [9.17, 15) is 32.7 Å². The molecule has 5 atom stereocenters. The summed E-state index contributed by atoms with van der Waals surface area (Å²) in [7, 11) is -4.72. The minimum absolute atomic E-state index is 0.00761. The van der Waals surface area contributed by atoms with Gasteiger partial charge in [-0.1, -0.05) is 84.1 Å². The largest absolute Gasteiger partial charge is 0.497 e. The zero-order valence-corrected chi connectivity index (χ0v) is 35.1. The summed E-state index contributed by atoms with van der Waals surface area (Å²) < 4.78 is 40.9. The third-order valence-electron chi connectivity index (χ3n) is 11.7. The van der Waals surface area contributed by atoms with E-state index in [0.29, 0.717) is 47.4 Å². The first-order valence-electron chi connectivity index (χ1n) is 19.1. The molecule has 56 heavy (non-hydrogen) atoms. The molecule has 0 spiro atoms. The van der Waals surface area contributed by atoms with Crippen LogP contribution in [0.2, 0.25) is 19.6 Å². The number of methoxy groups -OCH3 is 1. The van der Waals surface area contributed by atoms with E-state index in [-0.39, 0.29) is 25.3 Å². The predicted octanol–water partition coefficient (Wildman–Crippen LogP) is 5.08. The van der Waals surface area contributed by atoms with Crippen molar-refractivity contribution < 1.29 is 42.2 Å². The van der Waals surface area contributed by atoms with Crippen LogP contribution in [0.5, 0.6) is 11.5 Å². The molecular formula is C40H53N5O9SSi. The second-order valence-electron chi connectivity index (χ2n) is 17.4. The molecular weight excluding hydrogens is 755 g/mol. The smallest absolute Gasteiger partial charge is 0.405 e. The van der Waals surface area contributed by atoms with Crippen LogP contribution >= 0.6 is 0 Å². The predicted molar refractivity (Wildman–Crippen MR) is 214 cm³/mol. The summed E-state index contributed by atoms with van der Waals surface area (Å²) in [6.07, 6.45) is -0.432. The lowest BCUT2D eigenvalue weighted by Crippen LogP contribution is -2.61. The van der Waals surface area contributed by atoms with Crippen molar-refractivity contribution in [3.05, 3.63) is 54.6 Å². The summed E-state index contributed by atoms with van der Waals surface area (Å²) in [5.74, 6) is -1.34. The van der Waals surface area contributed by atoms with Crippen LogP contribution in [0, 0.1) is 11.3 Å². The van der Waals surface area contributed by atoms with E-state index in [4.69, 9.17) is 14.5 Å². The van der Waals surface area contributed by atoms with Crippen molar-refractivity contribution in [3.8, 4) is 22.8 Å². The van der Waals surface area contributed by atoms with E-state index in [1.54, 1.807) is 46.1 Å². The van der Waals surface area contributed by atoms with Gasteiger partial charge in [-0.3, -0.25) is 19.1 Å². The van der Waals surface area contributed by atoms with Gasteiger partial charge < -0.3 is 30.1 Å². The molecule has 5 unspecified atom stereocenters. The minimum Gasteiger partial charge on any atom is -0.497 e. The number of aromatic nitrogens is 1. The Hall–Kier alpha value is -4.70. The lowest BCUT2D eigenvalue weighted by Gasteiger charge is -2.35. The molecule has 16 heteroatoms. The van der Waals surface area contributed by atoms with Crippen molar-refractivity contribution in [2.75, 3.05) is 13.7 Å². The van der Waals surface area contributed by atoms with Crippen LogP contribution in [-0.4, -0.2) is 97.0 Å². The number of rotatable bonds is 13. The Kier molecular flexibility index (Phi) is 10.7. The summed E-state index contributed by atoms with van der Waals surface area (Å²) in [6.45, 7) is 12.8. The van der Waals surface area contributed by atoms with Crippen LogP contribution in [-0.2, 0) is 24.4 Å². The van der Waals surface area contributed by atoms with Gasteiger partial charge >= 0.3 is 6.09 Å². The van der Waals surface area contributed by atoms with Crippen molar-refractivity contribution in [2.24, 2.45) is 11.3 Å².